The van der Waals surface area contributed by atoms with E-state index in [0.717, 1.165) is 33.5 Å². The number of nitrogens with one attached hydrogen (secondary N) is 3. The minimum atomic E-state index is -0.243. The summed E-state index contributed by atoms with van der Waals surface area (Å²) in [6.45, 7) is 4.35. The van der Waals surface area contributed by atoms with Crippen LogP contribution in [0.25, 0.3) is 11.0 Å². The first kappa shape index (κ1) is 20.6. The van der Waals surface area contributed by atoms with Gasteiger partial charge >= 0.3 is 0 Å². The van der Waals surface area contributed by atoms with Crippen LogP contribution in [0, 0.1) is 0 Å². The Balaban J connectivity index is 1.50. The van der Waals surface area contributed by atoms with Crippen LogP contribution in [0.5, 0.6) is 0 Å². The lowest BCUT2D eigenvalue weighted by Gasteiger charge is -2.16. The van der Waals surface area contributed by atoms with Gasteiger partial charge < -0.3 is 20.0 Å². The average Bonchev–Trinajstić information content (AvgIpc) is 3.12. The minimum Gasteiger partial charge on any atom is -0.459 e. The summed E-state index contributed by atoms with van der Waals surface area (Å²) in [5.41, 5.74) is 2.72. The third kappa shape index (κ3) is 5.45. The Kier molecular flexibility index (Phi) is 6.67. The lowest BCUT2D eigenvalue weighted by atomic mass is 10.1. The number of benzene rings is 2. The number of hydrogen-bond donors (Lipinski definition) is 3. The second-order valence-corrected chi connectivity index (χ2v) is 7.35. The lowest BCUT2D eigenvalue weighted by Crippen LogP contribution is -3.11. The number of carbonyl (C=O) groups is 2. The summed E-state index contributed by atoms with van der Waals surface area (Å²) >= 11 is 0. The van der Waals surface area contributed by atoms with E-state index >= 15 is 0 Å². The van der Waals surface area contributed by atoms with Crippen LogP contribution in [-0.4, -0.2) is 32.0 Å². The van der Waals surface area contributed by atoms with Crippen LogP contribution in [0.2, 0.25) is 0 Å². The number of carbonyl (C=O) groups excluding carboxylic acids is 2. The predicted octanol–water partition coefficient (Wildman–Crippen LogP) is 2.33. The molecule has 152 valence electrons. The number of rotatable bonds is 8. The van der Waals surface area contributed by atoms with Crippen molar-refractivity contribution in [2.24, 2.45) is 0 Å². The van der Waals surface area contributed by atoms with E-state index in [-0.39, 0.29) is 30.9 Å². The molecule has 1 heterocycles. The molecule has 1 unspecified atom stereocenters. The molecule has 2 aromatic carbocycles. The highest BCUT2D eigenvalue weighted by Crippen LogP contribution is 2.23. The Morgan fingerprint density at radius 1 is 1.03 bits per heavy atom. The molecule has 0 aliphatic carbocycles. The molecule has 0 saturated carbocycles. The summed E-state index contributed by atoms with van der Waals surface area (Å²) in [5, 5.41) is 6.89. The molecule has 0 aliphatic rings. The topological polar surface area (TPSA) is 75.8 Å². The SMILES string of the molecule is CCc1ccccc1NC(=O)C[NH+](C)CC(=O)N[C@H](C)c1cc2ccccc2o1. The van der Waals surface area contributed by atoms with E-state index in [2.05, 4.69) is 17.6 Å². The number of fused-ring (bicyclic) bond motifs is 1. The monoisotopic (exact) mass is 394 g/mol. The zero-order valence-corrected chi connectivity index (χ0v) is 17.1. The summed E-state index contributed by atoms with van der Waals surface area (Å²) in [6.07, 6.45) is 0.848. The number of hydrogen-bond acceptors (Lipinski definition) is 3. The van der Waals surface area contributed by atoms with Crippen molar-refractivity contribution in [3.8, 4) is 0 Å². The molecular formula is C23H28N3O3+. The molecule has 1 aromatic heterocycles. The smallest absolute Gasteiger partial charge is 0.279 e. The van der Waals surface area contributed by atoms with E-state index in [4.69, 9.17) is 4.42 Å². The fourth-order valence-electron chi connectivity index (χ4n) is 3.34. The van der Waals surface area contributed by atoms with Crippen molar-refractivity contribution in [3.63, 3.8) is 0 Å². The quantitative estimate of drug-likeness (QED) is 0.549. The third-order valence-corrected chi connectivity index (χ3v) is 4.85. The van der Waals surface area contributed by atoms with Gasteiger partial charge in [-0.15, -0.1) is 0 Å². The van der Waals surface area contributed by atoms with Gasteiger partial charge in [0.2, 0.25) is 0 Å². The van der Waals surface area contributed by atoms with E-state index in [9.17, 15) is 9.59 Å². The minimum absolute atomic E-state index is 0.110. The van der Waals surface area contributed by atoms with E-state index < -0.39 is 0 Å². The summed E-state index contributed by atoms with van der Waals surface area (Å²) in [5.74, 6) is 0.477. The van der Waals surface area contributed by atoms with E-state index in [1.54, 1.807) is 0 Å². The number of anilines is 1. The number of aryl methyl sites for hydroxylation is 1. The maximum absolute atomic E-state index is 12.4. The van der Waals surface area contributed by atoms with Gasteiger partial charge in [0.25, 0.3) is 11.8 Å². The van der Waals surface area contributed by atoms with Crippen molar-refractivity contribution >= 4 is 28.5 Å². The molecule has 3 N–H and O–H groups in total. The fourth-order valence-corrected chi connectivity index (χ4v) is 3.34. The van der Waals surface area contributed by atoms with Crippen molar-refractivity contribution in [2.75, 3.05) is 25.5 Å². The van der Waals surface area contributed by atoms with Gasteiger partial charge in [-0.05, 0) is 37.1 Å². The number of amides is 2. The van der Waals surface area contributed by atoms with Crippen molar-refractivity contribution in [2.45, 2.75) is 26.3 Å². The van der Waals surface area contributed by atoms with Crippen molar-refractivity contribution in [1.82, 2.24) is 5.32 Å². The molecule has 0 radical (unpaired) electrons. The molecule has 0 bridgehead atoms. The van der Waals surface area contributed by atoms with Gasteiger partial charge in [0, 0.05) is 11.1 Å². The van der Waals surface area contributed by atoms with Crippen LogP contribution < -0.4 is 15.5 Å². The van der Waals surface area contributed by atoms with Gasteiger partial charge in [-0.3, -0.25) is 9.59 Å². The molecule has 3 aromatic rings. The van der Waals surface area contributed by atoms with Gasteiger partial charge in [0.05, 0.1) is 13.1 Å². The number of quaternary nitrogens is 1. The summed E-state index contributed by atoms with van der Waals surface area (Å²) in [4.78, 5) is 25.5. The zero-order valence-electron chi connectivity index (χ0n) is 17.1. The summed E-state index contributed by atoms with van der Waals surface area (Å²) < 4.78 is 5.80. The predicted molar refractivity (Wildman–Crippen MR) is 114 cm³/mol. The van der Waals surface area contributed by atoms with E-state index in [1.807, 2.05) is 68.6 Å². The second kappa shape index (κ2) is 9.39. The largest absolute Gasteiger partial charge is 0.459 e. The summed E-state index contributed by atoms with van der Waals surface area (Å²) in [6, 6.07) is 17.2. The lowest BCUT2D eigenvalue weighted by molar-refractivity contribution is -0.862. The molecule has 6 nitrogen and oxygen atoms in total. The first-order valence-corrected chi connectivity index (χ1v) is 9.93. The highest BCUT2D eigenvalue weighted by atomic mass is 16.3. The molecule has 2 amide bonds. The highest BCUT2D eigenvalue weighted by molar-refractivity contribution is 5.92. The van der Waals surface area contributed by atoms with Gasteiger partial charge in [-0.25, -0.2) is 0 Å². The van der Waals surface area contributed by atoms with Crippen molar-refractivity contribution < 1.29 is 18.9 Å². The molecule has 6 heteroatoms. The summed E-state index contributed by atoms with van der Waals surface area (Å²) in [7, 11) is 1.83. The van der Waals surface area contributed by atoms with Crippen molar-refractivity contribution in [1.29, 1.82) is 0 Å². The number of furan rings is 1. The molecule has 2 atom stereocenters. The number of para-hydroxylation sites is 2. The Bertz CT molecular complexity index is 963. The van der Waals surface area contributed by atoms with Crippen LogP contribution in [0.4, 0.5) is 5.69 Å². The zero-order chi connectivity index (χ0) is 20.8. The van der Waals surface area contributed by atoms with Crippen molar-refractivity contribution in [3.05, 3.63) is 65.9 Å². The van der Waals surface area contributed by atoms with Gasteiger partial charge in [0.15, 0.2) is 13.1 Å². The van der Waals surface area contributed by atoms with Crippen LogP contribution in [0.3, 0.4) is 0 Å². The Hall–Kier alpha value is -3.12. The molecule has 0 saturated heterocycles. The van der Waals surface area contributed by atoms with Crippen LogP contribution >= 0.6 is 0 Å². The highest BCUT2D eigenvalue weighted by Gasteiger charge is 2.18. The van der Waals surface area contributed by atoms with E-state index in [1.165, 1.54) is 0 Å². The standard InChI is InChI=1S/C23H27N3O3/c1-4-17-9-5-7-11-19(17)25-23(28)15-26(3)14-22(27)24-16(2)21-13-18-10-6-8-12-20(18)29-21/h5-13,16H,4,14-15H2,1-3H3,(H,24,27)(H,25,28)/p+1/t16-/m1/s1. The Labute approximate surface area is 170 Å². The normalized spacial score (nSPS) is 13.1. The van der Waals surface area contributed by atoms with E-state index in [0.29, 0.717) is 5.76 Å². The van der Waals surface area contributed by atoms with Crippen LogP contribution in [0.15, 0.2) is 59.0 Å². The third-order valence-electron chi connectivity index (χ3n) is 4.85. The Morgan fingerprint density at radius 2 is 1.72 bits per heavy atom. The van der Waals surface area contributed by atoms with Crippen LogP contribution in [-0.2, 0) is 16.0 Å². The van der Waals surface area contributed by atoms with Gasteiger partial charge in [-0.2, -0.15) is 0 Å². The second-order valence-electron chi connectivity index (χ2n) is 7.35. The first-order valence-electron chi connectivity index (χ1n) is 9.93. The molecule has 3 rings (SSSR count). The fraction of sp³-hybridized carbons (Fsp3) is 0.304. The van der Waals surface area contributed by atoms with Crippen LogP contribution in [0.1, 0.15) is 31.2 Å². The first-order chi connectivity index (χ1) is 14.0. The van der Waals surface area contributed by atoms with Gasteiger partial charge in [0.1, 0.15) is 11.3 Å². The molecule has 0 spiro atoms. The maximum atomic E-state index is 12.4. The molecular weight excluding hydrogens is 366 g/mol. The average molecular weight is 394 g/mol. The molecule has 0 fully saturated rings. The Morgan fingerprint density at radius 3 is 2.48 bits per heavy atom. The van der Waals surface area contributed by atoms with Gasteiger partial charge in [-0.1, -0.05) is 43.3 Å². The maximum Gasteiger partial charge on any atom is 0.279 e. The number of likely N-dealkylation sites (N-methyl/N-ethyl adjacent to an activating group) is 1. The molecule has 29 heavy (non-hydrogen) atoms. The molecule has 0 aliphatic heterocycles.